The molecule has 0 bridgehead atoms. The van der Waals surface area contributed by atoms with Crippen LogP contribution in [0, 0.1) is 0 Å². The van der Waals surface area contributed by atoms with Crippen molar-refractivity contribution in [1.82, 2.24) is 4.98 Å². The summed E-state index contributed by atoms with van der Waals surface area (Å²) in [6.07, 6.45) is 3.34. The van der Waals surface area contributed by atoms with Crippen LogP contribution in [0.3, 0.4) is 0 Å². The first-order chi connectivity index (χ1) is 15.5. The van der Waals surface area contributed by atoms with Crippen LogP contribution in [-0.2, 0) is 10.3 Å². The van der Waals surface area contributed by atoms with E-state index in [0.717, 1.165) is 41.2 Å². The van der Waals surface area contributed by atoms with E-state index in [1.807, 2.05) is 49.3 Å². The number of benzene rings is 2. The van der Waals surface area contributed by atoms with E-state index in [2.05, 4.69) is 35.9 Å². The van der Waals surface area contributed by atoms with Crippen molar-refractivity contribution < 1.29 is 14.3 Å². The summed E-state index contributed by atoms with van der Waals surface area (Å²) in [5.74, 6) is 0.280. The van der Waals surface area contributed by atoms with Crippen molar-refractivity contribution >= 4 is 17.3 Å². The summed E-state index contributed by atoms with van der Waals surface area (Å²) < 4.78 is 12.0. The monoisotopic (exact) mass is 431 g/mol. The van der Waals surface area contributed by atoms with Crippen LogP contribution in [0.25, 0.3) is 0 Å². The molecule has 1 aliphatic heterocycles. The van der Waals surface area contributed by atoms with Gasteiger partial charge in [0.15, 0.2) is 5.60 Å². The Kier molecular flexibility index (Phi) is 5.78. The molecule has 0 amide bonds. The zero-order chi connectivity index (χ0) is 22.9. The lowest BCUT2D eigenvalue weighted by atomic mass is 9.80. The molecular formula is C26H29N3O3. The highest BCUT2D eigenvalue weighted by Crippen LogP contribution is 2.50. The first-order valence-electron chi connectivity index (χ1n) is 10.8. The minimum atomic E-state index is -1.14. The smallest absolute Gasteiger partial charge is 0.340 e. The molecule has 0 spiro atoms. The Morgan fingerprint density at radius 3 is 2.28 bits per heavy atom. The summed E-state index contributed by atoms with van der Waals surface area (Å²) in [6, 6.07) is 15.9. The third-order valence-corrected chi connectivity index (χ3v) is 6.15. The molecule has 166 valence electrons. The van der Waals surface area contributed by atoms with E-state index < -0.39 is 5.60 Å². The Bertz CT molecular complexity index is 1120. The van der Waals surface area contributed by atoms with Crippen LogP contribution in [0.5, 0.6) is 5.75 Å². The van der Waals surface area contributed by atoms with Crippen LogP contribution < -0.4 is 14.5 Å². The number of carbonyl (C=O) groups excluding carboxylic acids is 1. The van der Waals surface area contributed by atoms with Gasteiger partial charge in [0.2, 0.25) is 0 Å². The number of hydrogen-bond acceptors (Lipinski definition) is 6. The van der Waals surface area contributed by atoms with E-state index >= 15 is 0 Å². The minimum Gasteiger partial charge on any atom is -0.496 e. The largest absolute Gasteiger partial charge is 0.496 e. The van der Waals surface area contributed by atoms with Crippen LogP contribution in [0.15, 0.2) is 60.9 Å². The van der Waals surface area contributed by atoms with Crippen molar-refractivity contribution in [1.29, 1.82) is 0 Å². The lowest BCUT2D eigenvalue weighted by molar-refractivity contribution is 0.0245. The van der Waals surface area contributed by atoms with E-state index in [-0.39, 0.29) is 5.97 Å². The van der Waals surface area contributed by atoms with Gasteiger partial charge in [-0.2, -0.15) is 0 Å². The van der Waals surface area contributed by atoms with Crippen molar-refractivity contribution in [3.63, 3.8) is 0 Å². The van der Waals surface area contributed by atoms with Crippen LogP contribution >= 0.6 is 0 Å². The molecule has 1 aromatic heterocycles. The number of anilines is 2. The van der Waals surface area contributed by atoms with E-state index in [0.29, 0.717) is 11.3 Å². The fourth-order valence-corrected chi connectivity index (χ4v) is 4.42. The van der Waals surface area contributed by atoms with Gasteiger partial charge in [-0.3, -0.25) is 4.98 Å². The maximum Gasteiger partial charge on any atom is 0.340 e. The van der Waals surface area contributed by atoms with E-state index in [9.17, 15) is 4.79 Å². The van der Waals surface area contributed by atoms with Gasteiger partial charge in [0.05, 0.1) is 12.7 Å². The lowest BCUT2D eigenvalue weighted by Crippen LogP contribution is -2.30. The Labute approximate surface area is 189 Å². The van der Waals surface area contributed by atoms with Crippen molar-refractivity contribution in [2.45, 2.75) is 19.4 Å². The highest BCUT2D eigenvalue weighted by Gasteiger charge is 2.50. The zero-order valence-electron chi connectivity index (χ0n) is 19.3. The highest BCUT2D eigenvalue weighted by molar-refractivity contribution is 5.96. The minimum absolute atomic E-state index is 0.367. The number of pyridine rings is 1. The molecule has 4 rings (SSSR count). The molecule has 1 aliphatic rings. The predicted molar refractivity (Wildman–Crippen MR) is 127 cm³/mol. The molecule has 32 heavy (non-hydrogen) atoms. The van der Waals surface area contributed by atoms with Crippen LogP contribution in [0.4, 0.5) is 11.4 Å². The molecule has 0 saturated carbocycles. The predicted octanol–water partition coefficient (Wildman–Crippen LogP) is 4.46. The van der Waals surface area contributed by atoms with Crippen molar-refractivity contribution in [2.24, 2.45) is 0 Å². The topological polar surface area (TPSA) is 54.9 Å². The number of hydrogen-bond donors (Lipinski definition) is 0. The van der Waals surface area contributed by atoms with Crippen molar-refractivity contribution in [3.05, 3.63) is 83.2 Å². The maximum atomic E-state index is 13.0. The number of methoxy groups -OCH3 is 1. The van der Waals surface area contributed by atoms with Crippen molar-refractivity contribution in [3.8, 4) is 5.75 Å². The zero-order valence-corrected chi connectivity index (χ0v) is 19.3. The van der Waals surface area contributed by atoms with Crippen LogP contribution in [-0.4, -0.2) is 45.2 Å². The molecule has 3 aromatic rings. The van der Waals surface area contributed by atoms with Gasteiger partial charge in [0, 0.05) is 73.7 Å². The summed E-state index contributed by atoms with van der Waals surface area (Å²) in [5, 5.41) is 0. The molecular weight excluding hydrogens is 402 g/mol. The molecule has 1 unspecified atom stereocenters. The molecule has 0 radical (unpaired) electrons. The van der Waals surface area contributed by atoms with Gasteiger partial charge in [-0.05, 0) is 44.2 Å². The summed E-state index contributed by atoms with van der Waals surface area (Å²) in [7, 11) is 5.59. The second-order valence-electron chi connectivity index (χ2n) is 7.99. The number of aromatic nitrogens is 1. The molecule has 0 N–H and O–H groups in total. The molecule has 6 heteroatoms. The van der Waals surface area contributed by atoms with Gasteiger partial charge >= 0.3 is 5.97 Å². The van der Waals surface area contributed by atoms with Gasteiger partial charge < -0.3 is 19.3 Å². The Morgan fingerprint density at radius 1 is 0.969 bits per heavy atom. The van der Waals surface area contributed by atoms with E-state index in [4.69, 9.17) is 9.47 Å². The fourth-order valence-electron chi connectivity index (χ4n) is 4.42. The van der Waals surface area contributed by atoms with Gasteiger partial charge in [-0.15, -0.1) is 0 Å². The van der Waals surface area contributed by atoms with Gasteiger partial charge in [-0.25, -0.2) is 4.79 Å². The number of ether oxygens (including phenoxy) is 2. The molecule has 0 saturated heterocycles. The second kappa shape index (κ2) is 8.54. The third-order valence-electron chi connectivity index (χ3n) is 6.15. The average Bonchev–Trinajstić information content (AvgIpc) is 3.13. The molecule has 0 fully saturated rings. The average molecular weight is 432 g/mol. The number of fused-ring (bicyclic) bond motifs is 1. The fraction of sp³-hybridized carbons (Fsp3) is 0.308. The van der Waals surface area contributed by atoms with E-state index in [1.54, 1.807) is 25.6 Å². The van der Waals surface area contributed by atoms with Crippen LogP contribution in [0.1, 0.15) is 40.9 Å². The maximum absolute atomic E-state index is 13.0. The molecule has 1 atom stereocenters. The number of esters is 1. The molecule has 2 aromatic carbocycles. The Morgan fingerprint density at radius 2 is 1.66 bits per heavy atom. The summed E-state index contributed by atoms with van der Waals surface area (Å²) >= 11 is 0. The molecule has 0 aliphatic carbocycles. The number of nitrogens with zero attached hydrogens (tertiary/aromatic N) is 3. The highest BCUT2D eigenvalue weighted by atomic mass is 16.6. The van der Waals surface area contributed by atoms with Crippen LogP contribution in [0.2, 0.25) is 0 Å². The summed E-state index contributed by atoms with van der Waals surface area (Å²) in [5.41, 5.74) is 3.83. The normalized spacial score (nSPS) is 17.0. The number of rotatable bonds is 7. The summed E-state index contributed by atoms with van der Waals surface area (Å²) in [4.78, 5) is 21.6. The van der Waals surface area contributed by atoms with Gasteiger partial charge in [-0.1, -0.05) is 12.1 Å². The molecule has 2 heterocycles. The first kappa shape index (κ1) is 21.7. The SMILES string of the molecule is CCN(CC)c1ccc(C2(c3ccc(N(C)C)cc3OC)OC(=O)c3ccncc32)cc1. The standard InChI is InChI=1S/C26H29N3O3/c1-6-29(7-2)19-10-8-18(9-11-19)26(23-17-27-15-14-21(23)25(30)32-26)22-13-12-20(28(3)4)16-24(22)31-5/h8-17H,6-7H2,1-5H3. The Balaban J connectivity index is 1.96. The molecule has 6 nitrogen and oxygen atoms in total. The van der Waals surface area contributed by atoms with E-state index in [1.165, 1.54) is 0 Å². The first-order valence-corrected chi connectivity index (χ1v) is 10.8. The Hall–Kier alpha value is -3.54. The number of carbonyl (C=O) groups is 1. The van der Waals surface area contributed by atoms with Crippen molar-refractivity contribution in [2.75, 3.05) is 44.1 Å². The van der Waals surface area contributed by atoms with Gasteiger partial charge in [0.1, 0.15) is 5.75 Å². The van der Waals surface area contributed by atoms with Gasteiger partial charge in [0.25, 0.3) is 0 Å². The number of cyclic esters (lactones) is 1. The summed E-state index contributed by atoms with van der Waals surface area (Å²) in [6.45, 7) is 6.11. The second-order valence-corrected chi connectivity index (χ2v) is 7.99. The third kappa shape index (κ3) is 3.36. The lowest BCUT2D eigenvalue weighted by Gasteiger charge is -2.32. The quantitative estimate of drug-likeness (QED) is 0.515.